The van der Waals surface area contributed by atoms with Gasteiger partial charge < -0.3 is 15.5 Å². The van der Waals surface area contributed by atoms with Crippen LogP contribution >= 0.6 is 13.5 Å². The molecule has 32 heavy (non-hydrogen) atoms. The van der Waals surface area contributed by atoms with E-state index in [-0.39, 0.29) is 31.4 Å². The predicted molar refractivity (Wildman–Crippen MR) is 128 cm³/mol. The van der Waals surface area contributed by atoms with Crippen LogP contribution < -0.4 is 15.5 Å². The van der Waals surface area contributed by atoms with E-state index in [1.807, 2.05) is 45.0 Å². The molecule has 0 fully saturated rings. The van der Waals surface area contributed by atoms with Crippen LogP contribution in [0.15, 0.2) is 36.8 Å². The van der Waals surface area contributed by atoms with Crippen LogP contribution in [0.5, 0.6) is 0 Å². The number of nitrogens with one attached hydrogen (secondary N) is 2. The number of aryl methyl sites for hydroxylation is 1. The first-order valence-corrected chi connectivity index (χ1v) is 10.2. The maximum atomic E-state index is 13.0. The first kappa shape index (κ1) is 23.5. The van der Waals surface area contributed by atoms with Crippen molar-refractivity contribution in [2.24, 2.45) is 5.92 Å². The van der Waals surface area contributed by atoms with E-state index in [2.05, 4.69) is 25.7 Å². The monoisotopic (exact) mass is 457 g/mol. The molecule has 1 atom stereocenters. The normalized spacial score (nSPS) is 15.2. The van der Waals surface area contributed by atoms with Crippen LogP contribution in [0.4, 0.5) is 21.6 Å². The molecule has 170 valence electrons. The van der Waals surface area contributed by atoms with E-state index in [0.29, 0.717) is 13.1 Å². The van der Waals surface area contributed by atoms with E-state index in [9.17, 15) is 9.18 Å². The largest absolute Gasteiger partial charge is 0.366 e. The number of pyridine rings is 2. The Morgan fingerprint density at radius 1 is 1.25 bits per heavy atom. The van der Waals surface area contributed by atoms with Gasteiger partial charge in [0.25, 0.3) is 0 Å². The van der Waals surface area contributed by atoms with Gasteiger partial charge in [-0.25, -0.2) is 9.97 Å². The summed E-state index contributed by atoms with van der Waals surface area (Å²) in [6.45, 7) is 7.04. The topological polar surface area (TPSA) is 88.0 Å². The number of halogens is 1. The van der Waals surface area contributed by atoms with Crippen LogP contribution in [0.3, 0.4) is 0 Å². The van der Waals surface area contributed by atoms with Crippen molar-refractivity contribution >= 4 is 36.6 Å². The molecule has 2 N–H and O–H groups in total. The lowest BCUT2D eigenvalue weighted by molar-refractivity contribution is -0.118. The zero-order valence-corrected chi connectivity index (χ0v) is 19.6. The number of fused-ring (bicyclic) bond motifs is 1. The minimum atomic E-state index is -0.494. The van der Waals surface area contributed by atoms with Gasteiger partial charge in [-0.2, -0.15) is 23.0 Å². The van der Waals surface area contributed by atoms with Crippen molar-refractivity contribution in [3.63, 3.8) is 0 Å². The van der Waals surface area contributed by atoms with Gasteiger partial charge in [0.05, 0.1) is 29.8 Å². The maximum Gasteiger partial charge on any atom is 0.247 e. The van der Waals surface area contributed by atoms with Crippen molar-refractivity contribution in [2.75, 3.05) is 22.6 Å². The van der Waals surface area contributed by atoms with E-state index in [1.54, 1.807) is 16.9 Å². The van der Waals surface area contributed by atoms with Gasteiger partial charge in [-0.3, -0.25) is 9.48 Å². The molecule has 0 saturated carbocycles. The van der Waals surface area contributed by atoms with Gasteiger partial charge in [-0.1, -0.05) is 19.9 Å². The lowest BCUT2D eigenvalue weighted by Crippen LogP contribution is -2.49. The Hall–Kier alpha value is -3.14. The number of aromatic nitrogens is 4. The van der Waals surface area contributed by atoms with Gasteiger partial charge in [-0.05, 0) is 24.5 Å². The molecule has 0 radical (unpaired) electrons. The predicted octanol–water partition coefficient (Wildman–Crippen LogP) is 3.31. The smallest absolute Gasteiger partial charge is 0.247 e. The molecule has 4 rings (SSSR count). The highest BCUT2D eigenvalue weighted by Crippen LogP contribution is 2.36. The third-order valence-corrected chi connectivity index (χ3v) is 5.42. The van der Waals surface area contributed by atoms with E-state index in [0.717, 1.165) is 34.0 Å². The standard InChI is InChI=1S/C22H26FN7O.H2S/c1-13(2)21-22(31)28-20-14(3)27-19(7-17(20)29(21)4)25-9-16-10-26-30(12-16)11-15-5-6-18(23)24-8-15;/h5-8,10,12-13,21H,9,11H2,1-4H3,(H,25,27)(H,28,31);1H2/t21-;/m0./s1. The highest BCUT2D eigenvalue weighted by atomic mass is 32.1. The minimum Gasteiger partial charge on any atom is -0.366 e. The highest BCUT2D eigenvalue weighted by molar-refractivity contribution is 7.59. The van der Waals surface area contributed by atoms with Crippen molar-refractivity contribution < 1.29 is 9.18 Å². The Labute approximate surface area is 193 Å². The Balaban J connectivity index is 0.00000289. The molecular weight excluding hydrogens is 429 g/mol. The Bertz CT molecular complexity index is 1100. The average molecular weight is 458 g/mol. The number of likely N-dealkylation sites (N-methyl/N-ethyl adjacent to an activating group) is 1. The van der Waals surface area contributed by atoms with Crippen LogP contribution in [0.1, 0.15) is 30.7 Å². The molecule has 3 aromatic rings. The fourth-order valence-corrected chi connectivity index (χ4v) is 3.92. The number of rotatable bonds is 6. The Morgan fingerprint density at radius 2 is 2.03 bits per heavy atom. The summed E-state index contributed by atoms with van der Waals surface area (Å²) < 4.78 is 14.7. The third-order valence-electron chi connectivity index (χ3n) is 5.42. The van der Waals surface area contributed by atoms with Gasteiger partial charge in [0.1, 0.15) is 11.9 Å². The van der Waals surface area contributed by atoms with E-state index in [1.165, 1.54) is 12.3 Å². The first-order chi connectivity index (χ1) is 14.8. The maximum absolute atomic E-state index is 13.0. The number of carbonyl (C=O) groups excluding carboxylic acids is 1. The lowest BCUT2D eigenvalue weighted by Gasteiger charge is -2.38. The number of amides is 1. The van der Waals surface area contributed by atoms with Gasteiger partial charge >= 0.3 is 0 Å². The van der Waals surface area contributed by atoms with Crippen LogP contribution in [0, 0.1) is 18.8 Å². The molecular formula is C22H28FN7OS. The SMILES string of the molecule is Cc1nc(NCc2cnn(Cc3ccc(F)nc3)c2)cc2c1NC(=O)[C@H](C(C)C)N2C.S. The zero-order valence-electron chi connectivity index (χ0n) is 18.6. The molecule has 0 unspecified atom stereocenters. The zero-order chi connectivity index (χ0) is 22.1. The quantitative estimate of drug-likeness (QED) is 0.552. The van der Waals surface area contributed by atoms with Gasteiger partial charge in [0.15, 0.2) is 0 Å². The Kier molecular flexibility index (Phi) is 7.02. The van der Waals surface area contributed by atoms with Crippen molar-refractivity contribution in [3.8, 4) is 0 Å². The van der Waals surface area contributed by atoms with Crippen molar-refractivity contribution in [3.05, 3.63) is 59.6 Å². The summed E-state index contributed by atoms with van der Waals surface area (Å²) in [7, 11) is 1.94. The second-order valence-corrected chi connectivity index (χ2v) is 8.16. The lowest BCUT2D eigenvalue weighted by atomic mass is 9.98. The second kappa shape index (κ2) is 9.56. The molecule has 10 heteroatoms. The summed E-state index contributed by atoms with van der Waals surface area (Å²) >= 11 is 0. The molecule has 1 aliphatic heterocycles. The van der Waals surface area contributed by atoms with Gasteiger partial charge in [0, 0.05) is 37.6 Å². The average Bonchev–Trinajstić information content (AvgIpc) is 3.16. The van der Waals surface area contributed by atoms with Crippen LogP contribution in [0.25, 0.3) is 0 Å². The molecule has 0 aliphatic carbocycles. The van der Waals surface area contributed by atoms with Gasteiger partial charge in [0.2, 0.25) is 11.9 Å². The summed E-state index contributed by atoms with van der Waals surface area (Å²) in [4.78, 5) is 22.8. The molecule has 0 aromatic carbocycles. The molecule has 0 spiro atoms. The van der Waals surface area contributed by atoms with E-state index >= 15 is 0 Å². The molecule has 1 aliphatic rings. The number of carbonyl (C=O) groups is 1. The highest BCUT2D eigenvalue weighted by Gasteiger charge is 2.34. The van der Waals surface area contributed by atoms with E-state index in [4.69, 9.17) is 0 Å². The van der Waals surface area contributed by atoms with Crippen molar-refractivity contribution in [2.45, 2.75) is 39.9 Å². The molecule has 1 amide bonds. The molecule has 0 saturated heterocycles. The summed E-state index contributed by atoms with van der Waals surface area (Å²) in [6, 6.07) is 4.78. The summed E-state index contributed by atoms with van der Waals surface area (Å²) in [5.41, 5.74) is 4.35. The fourth-order valence-electron chi connectivity index (χ4n) is 3.92. The van der Waals surface area contributed by atoms with E-state index < -0.39 is 5.95 Å². The second-order valence-electron chi connectivity index (χ2n) is 8.16. The molecule has 8 nitrogen and oxygen atoms in total. The third kappa shape index (κ3) is 4.85. The number of anilines is 3. The van der Waals surface area contributed by atoms with Crippen LogP contribution in [-0.4, -0.2) is 38.7 Å². The first-order valence-electron chi connectivity index (χ1n) is 10.2. The number of nitrogens with zero attached hydrogens (tertiary/aromatic N) is 5. The summed E-state index contributed by atoms with van der Waals surface area (Å²) in [6.07, 6.45) is 5.23. The van der Waals surface area contributed by atoms with Crippen LogP contribution in [-0.2, 0) is 17.9 Å². The summed E-state index contributed by atoms with van der Waals surface area (Å²) in [5.74, 6) is 0.425. The van der Waals surface area contributed by atoms with Crippen LogP contribution in [0.2, 0.25) is 0 Å². The summed E-state index contributed by atoms with van der Waals surface area (Å²) in [5, 5.41) is 10.7. The Morgan fingerprint density at radius 3 is 2.72 bits per heavy atom. The van der Waals surface area contributed by atoms with Crippen molar-refractivity contribution in [1.29, 1.82) is 0 Å². The van der Waals surface area contributed by atoms with Gasteiger partial charge in [-0.15, -0.1) is 0 Å². The molecule has 0 bridgehead atoms. The minimum absolute atomic E-state index is 0. The molecule has 4 heterocycles. The fraction of sp³-hybridized carbons (Fsp3) is 0.364. The van der Waals surface area contributed by atoms with Crippen molar-refractivity contribution in [1.82, 2.24) is 19.7 Å². The number of hydrogen-bond acceptors (Lipinski definition) is 6. The molecule has 3 aromatic heterocycles. The number of hydrogen-bond donors (Lipinski definition) is 2.